The molecule has 0 radical (unpaired) electrons. The fourth-order valence-corrected chi connectivity index (χ4v) is 4.48. The van der Waals surface area contributed by atoms with Crippen molar-refractivity contribution in [2.45, 2.75) is 24.3 Å². The van der Waals surface area contributed by atoms with Crippen LogP contribution in [0.15, 0.2) is 59.5 Å². The van der Waals surface area contributed by atoms with E-state index in [1.807, 2.05) is 6.92 Å². The number of rotatable bonds is 5. The molecule has 0 aliphatic carbocycles. The van der Waals surface area contributed by atoms with Gasteiger partial charge in [0.05, 0.1) is 4.90 Å². The molecule has 3 aromatic carbocycles. The summed E-state index contributed by atoms with van der Waals surface area (Å²) >= 11 is 6.19. The fraction of sp³-hybridized carbons (Fsp3) is 0.182. The Kier molecular flexibility index (Phi) is 5.53. The first-order valence-corrected chi connectivity index (χ1v) is 10.9. The van der Waals surface area contributed by atoms with Gasteiger partial charge in [-0.2, -0.15) is 8.42 Å². The van der Waals surface area contributed by atoms with Gasteiger partial charge < -0.3 is 4.74 Å². The molecule has 4 rings (SSSR count). The molecule has 156 valence electrons. The van der Waals surface area contributed by atoms with Gasteiger partial charge in [-0.15, -0.1) is 0 Å². The predicted molar refractivity (Wildman–Crippen MR) is 109 cm³/mol. The molecule has 0 N–H and O–H groups in total. The molecule has 0 saturated heterocycles. The van der Waals surface area contributed by atoms with Crippen LogP contribution in [-0.4, -0.2) is 21.1 Å². The fourth-order valence-electron chi connectivity index (χ4n) is 3.30. The van der Waals surface area contributed by atoms with Gasteiger partial charge >= 0.3 is 0 Å². The Morgan fingerprint density at radius 2 is 1.80 bits per heavy atom. The summed E-state index contributed by atoms with van der Waals surface area (Å²) in [6.45, 7) is 1.66. The molecule has 30 heavy (non-hydrogen) atoms. The Hall–Kier alpha value is -2.48. The van der Waals surface area contributed by atoms with Crippen LogP contribution in [0.4, 0.5) is 8.78 Å². The standard InChI is InChI=1S/C22H17ClF2O4S/c1-13-2-5-18(6-3-13)30(26,27)28-12-17-9-15-8-16(23)11-19(22(15)29-17)14-4-7-20(24)21(25)10-14/h2-8,10-11,17H,9,12H2,1H3. The number of fused-ring (bicyclic) bond motifs is 1. The molecule has 0 aromatic heterocycles. The maximum absolute atomic E-state index is 13.7. The lowest BCUT2D eigenvalue weighted by Gasteiger charge is -2.13. The minimum atomic E-state index is -3.93. The van der Waals surface area contributed by atoms with Crippen molar-refractivity contribution in [3.63, 3.8) is 0 Å². The van der Waals surface area contributed by atoms with Gasteiger partial charge in [-0.3, -0.25) is 4.18 Å². The molecular formula is C22H17ClF2O4S. The Bertz CT molecular complexity index is 1210. The summed E-state index contributed by atoms with van der Waals surface area (Å²) in [6, 6.07) is 13.2. The number of benzene rings is 3. The first-order chi connectivity index (χ1) is 14.2. The Morgan fingerprint density at radius 1 is 1.07 bits per heavy atom. The highest BCUT2D eigenvalue weighted by Crippen LogP contribution is 2.41. The first kappa shape index (κ1) is 20.8. The third-order valence-corrected chi connectivity index (χ3v) is 6.33. The number of halogens is 3. The second kappa shape index (κ2) is 7.98. The van der Waals surface area contributed by atoms with Crippen LogP contribution < -0.4 is 4.74 Å². The van der Waals surface area contributed by atoms with E-state index < -0.39 is 27.9 Å². The van der Waals surface area contributed by atoms with Gasteiger partial charge in [0.1, 0.15) is 18.5 Å². The molecule has 1 unspecified atom stereocenters. The maximum Gasteiger partial charge on any atom is 0.297 e. The van der Waals surface area contributed by atoms with E-state index in [4.69, 9.17) is 20.5 Å². The average Bonchev–Trinajstić information content (AvgIpc) is 3.11. The lowest BCUT2D eigenvalue weighted by atomic mass is 10.0. The highest BCUT2D eigenvalue weighted by Gasteiger charge is 2.29. The van der Waals surface area contributed by atoms with Gasteiger partial charge in [-0.05, 0) is 48.9 Å². The Labute approximate surface area is 178 Å². The average molecular weight is 451 g/mol. The molecule has 3 aromatic rings. The van der Waals surface area contributed by atoms with Crippen LogP contribution in [0.1, 0.15) is 11.1 Å². The zero-order valence-electron chi connectivity index (χ0n) is 15.9. The summed E-state index contributed by atoms with van der Waals surface area (Å²) in [4.78, 5) is 0.0640. The lowest BCUT2D eigenvalue weighted by molar-refractivity contribution is 0.152. The zero-order chi connectivity index (χ0) is 21.5. The summed E-state index contributed by atoms with van der Waals surface area (Å²) < 4.78 is 62.9. The molecule has 1 heterocycles. The van der Waals surface area contributed by atoms with Crippen molar-refractivity contribution in [2.24, 2.45) is 0 Å². The first-order valence-electron chi connectivity index (χ1n) is 9.13. The van der Waals surface area contributed by atoms with Crippen LogP contribution in [0.25, 0.3) is 11.1 Å². The normalized spacial score (nSPS) is 15.7. The molecule has 0 bridgehead atoms. The van der Waals surface area contributed by atoms with Crippen molar-refractivity contribution in [1.29, 1.82) is 0 Å². The molecule has 0 amide bonds. The van der Waals surface area contributed by atoms with Crippen molar-refractivity contribution in [2.75, 3.05) is 6.61 Å². The van der Waals surface area contributed by atoms with Crippen molar-refractivity contribution in [1.82, 2.24) is 0 Å². The summed E-state index contributed by atoms with van der Waals surface area (Å²) in [5.41, 5.74) is 2.58. The SMILES string of the molecule is Cc1ccc(S(=O)(=O)OCC2Cc3cc(Cl)cc(-c4ccc(F)c(F)c4)c3O2)cc1. The Balaban J connectivity index is 1.54. The summed E-state index contributed by atoms with van der Waals surface area (Å²) in [6.07, 6.45) is -0.196. The minimum Gasteiger partial charge on any atom is -0.487 e. The van der Waals surface area contributed by atoms with Gasteiger partial charge in [0.15, 0.2) is 11.6 Å². The third kappa shape index (κ3) is 4.19. The number of ether oxygens (including phenoxy) is 1. The molecule has 4 nitrogen and oxygen atoms in total. The van der Waals surface area contributed by atoms with E-state index in [0.717, 1.165) is 23.3 Å². The zero-order valence-corrected chi connectivity index (χ0v) is 17.4. The van der Waals surface area contributed by atoms with E-state index in [9.17, 15) is 17.2 Å². The monoisotopic (exact) mass is 450 g/mol. The highest BCUT2D eigenvalue weighted by atomic mass is 35.5. The molecule has 1 atom stereocenters. The van der Waals surface area contributed by atoms with Crippen LogP contribution in [0.5, 0.6) is 5.75 Å². The van der Waals surface area contributed by atoms with E-state index in [-0.39, 0.29) is 11.5 Å². The number of aryl methyl sites for hydroxylation is 1. The molecule has 0 saturated carbocycles. The second-order valence-electron chi connectivity index (χ2n) is 7.07. The van der Waals surface area contributed by atoms with Crippen LogP contribution in [0, 0.1) is 18.6 Å². The summed E-state index contributed by atoms with van der Waals surface area (Å²) in [7, 11) is -3.93. The van der Waals surface area contributed by atoms with Crippen molar-refractivity contribution in [3.05, 3.63) is 82.4 Å². The quantitative estimate of drug-likeness (QED) is 0.495. The van der Waals surface area contributed by atoms with E-state index in [1.165, 1.54) is 18.2 Å². The van der Waals surface area contributed by atoms with Gasteiger partial charge in [0.2, 0.25) is 0 Å². The van der Waals surface area contributed by atoms with Gasteiger partial charge in [-0.25, -0.2) is 8.78 Å². The van der Waals surface area contributed by atoms with Gasteiger partial charge in [0.25, 0.3) is 10.1 Å². The molecule has 1 aliphatic heterocycles. The molecule has 0 fully saturated rings. The van der Waals surface area contributed by atoms with Crippen LogP contribution >= 0.6 is 11.6 Å². The number of hydrogen-bond acceptors (Lipinski definition) is 4. The third-order valence-electron chi connectivity index (χ3n) is 4.81. The summed E-state index contributed by atoms with van der Waals surface area (Å²) in [5.74, 6) is -1.49. The largest absolute Gasteiger partial charge is 0.487 e. The van der Waals surface area contributed by atoms with Crippen LogP contribution in [-0.2, 0) is 20.7 Å². The van der Waals surface area contributed by atoms with Crippen LogP contribution in [0.3, 0.4) is 0 Å². The smallest absolute Gasteiger partial charge is 0.297 e. The van der Waals surface area contributed by atoms with Crippen molar-refractivity contribution in [3.8, 4) is 16.9 Å². The molecule has 1 aliphatic rings. The van der Waals surface area contributed by atoms with E-state index >= 15 is 0 Å². The predicted octanol–water partition coefficient (Wildman–Crippen LogP) is 5.30. The van der Waals surface area contributed by atoms with Crippen molar-refractivity contribution < 1.29 is 26.1 Å². The molecular weight excluding hydrogens is 434 g/mol. The second-order valence-corrected chi connectivity index (χ2v) is 9.12. The van der Waals surface area contributed by atoms with Gasteiger partial charge in [-0.1, -0.05) is 35.4 Å². The molecule has 0 spiro atoms. The van der Waals surface area contributed by atoms with Crippen molar-refractivity contribution >= 4 is 21.7 Å². The van der Waals surface area contributed by atoms with Gasteiger partial charge in [0, 0.05) is 22.6 Å². The topological polar surface area (TPSA) is 52.6 Å². The van der Waals surface area contributed by atoms with E-state index in [0.29, 0.717) is 28.3 Å². The van der Waals surface area contributed by atoms with Crippen LogP contribution in [0.2, 0.25) is 5.02 Å². The highest BCUT2D eigenvalue weighted by molar-refractivity contribution is 7.86. The van der Waals surface area contributed by atoms with E-state index in [1.54, 1.807) is 24.3 Å². The molecule has 8 heteroatoms. The Morgan fingerprint density at radius 3 is 2.50 bits per heavy atom. The lowest BCUT2D eigenvalue weighted by Crippen LogP contribution is -2.23. The van der Waals surface area contributed by atoms with E-state index in [2.05, 4.69) is 0 Å². The number of hydrogen-bond donors (Lipinski definition) is 0. The minimum absolute atomic E-state index is 0.0640. The summed E-state index contributed by atoms with van der Waals surface area (Å²) in [5, 5.41) is 0.408. The maximum atomic E-state index is 13.7.